The van der Waals surface area contributed by atoms with Crippen molar-refractivity contribution < 1.29 is 4.79 Å². The molecule has 1 aromatic rings. The number of amides is 1. The van der Waals surface area contributed by atoms with Gasteiger partial charge in [0.1, 0.15) is 6.54 Å². The summed E-state index contributed by atoms with van der Waals surface area (Å²) in [5, 5.41) is 4.96. The van der Waals surface area contributed by atoms with E-state index in [-0.39, 0.29) is 18.5 Å². The van der Waals surface area contributed by atoms with Crippen molar-refractivity contribution in [1.29, 1.82) is 0 Å². The molecule has 1 aliphatic rings. The summed E-state index contributed by atoms with van der Waals surface area (Å²) in [6.45, 7) is 7.49. The zero-order valence-corrected chi connectivity index (χ0v) is 13.2. The minimum Gasteiger partial charge on any atom is -0.337 e. The van der Waals surface area contributed by atoms with Crippen LogP contribution in [0.2, 0.25) is 5.02 Å². The van der Waals surface area contributed by atoms with Crippen LogP contribution in [-0.2, 0) is 11.3 Å². The molecule has 0 aromatic carbocycles. The number of aryl methyl sites for hydroxylation is 1. The topological polar surface area (TPSA) is 64.2 Å². The summed E-state index contributed by atoms with van der Waals surface area (Å²) in [6, 6.07) is 0.152. The predicted molar refractivity (Wildman–Crippen MR) is 79.7 cm³/mol. The number of rotatable bonds is 3. The molecule has 1 aliphatic heterocycles. The lowest BCUT2D eigenvalue weighted by Crippen LogP contribution is -2.50. The molecule has 0 aliphatic carbocycles. The summed E-state index contributed by atoms with van der Waals surface area (Å²) in [7, 11) is 0. The van der Waals surface area contributed by atoms with Gasteiger partial charge in [0.05, 0.1) is 16.4 Å². The summed E-state index contributed by atoms with van der Waals surface area (Å²) < 4.78 is 1.69. The van der Waals surface area contributed by atoms with E-state index < -0.39 is 0 Å². The van der Waals surface area contributed by atoms with Gasteiger partial charge in [0.25, 0.3) is 0 Å². The highest BCUT2D eigenvalue weighted by molar-refractivity contribution is 6.31. The van der Waals surface area contributed by atoms with Crippen LogP contribution in [0, 0.1) is 19.8 Å². The van der Waals surface area contributed by atoms with Gasteiger partial charge < -0.3 is 10.6 Å². The largest absolute Gasteiger partial charge is 0.337 e. The Morgan fingerprint density at radius 3 is 2.75 bits per heavy atom. The van der Waals surface area contributed by atoms with E-state index in [2.05, 4.69) is 12.0 Å². The quantitative estimate of drug-likeness (QED) is 0.924. The third-order valence-corrected chi connectivity index (χ3v) is 4.70. The molecule has 0 radical (unpaired) electrons. The lowest BCUT2D eigenvalue weighted by atomic mass is 9.92. The molecular formula is C14H23ClN4O. The van der Waals surface area contributed by atoms with Crippen LogP contribution in [0.3, 0.4) is 0 Å². The maximum atomic E-state index is 12.5. The Morgan fingerprint density at radius 1 is 1.50 bits per heavy atom. The molecule has 1 fully saturated rings. The Labute approximate surface area is 125 Å². The maximum absolute atomic E-state index is 12.5. The van der Waals surface area contributed by atoms with Crippen molar-refractivity contribution >= 4 is 17.5 Å². The van der Waals surface area contributed by atoms with Gasteiger partial charge in [-0.25, -0.2) is 0 Å². The second-order valence-electron chi connectivity index (χ2n) is 5.75. The average molecular weight is 299 g/mol. The standard InChI is InChI=1S/C14H23ClN4O/c1-9-4-5-18(12(6-9)7-16)13(20)8-19-11(3)14(15)10(2)17-19/h9,12H,4-8,16H2,1-3H3. The molecule has 2 atom stereocenters. The monoisotopic (exact) mass is 298 g/mol. The van der Waals surface area contributed by atoms with Gasteiger partial charge in [0.2, 0.25) is 5.91 Å². The molecule has 5 nitrogen and oxygen atoms in total. The van der Waals surface area contributed by atoms with E-state index in [1.54, 1.807) is 4.68 Å². The first-order chi connectivity index (χ1) is 9.43. The van der Waals surface area contributed by atoms with Crippen molar-refractivity contribution in [1.82, 2.24) is 14.7 Å². The minimum atomic E-state index is 0.0783. The number of nitrogens with two attached hydrogens (primary N) is 1. The van der Waals surface area contributed by atoms with Crippen molar-refractivity contribution in [2.45, 2.75) is 46.2 Å². The van der Waals surface area contributed by atoms with Gasteiger partial charge in [0, 0.05) is 19.1 Å². The molecule has 2 rings (SSSR count). The van der Waals surface area contributed by atoms with Gasteiger partial charge >= 0.3 is 0 Å². The van der Waals surface area contributed by atoms with E-state index in [0.29, 0.717) is 17.5 Å². The smallest absolute Gasteiger partial charge is 0.244 e. The summed E-state index contributed by atoms with van der Waals surface area (Å²) in [5.41, 5.74) is 7.41. The van der Waals surface area contributed by atoms with Crippen molar-refractivity contribution in [3.63, 3.8) is 0 Å². The molecule has 2 heterocycles. The highest BCUT2D eigenvalue weighted by Crippen LogP contribution is 2.23. The second-order valence-corrected chi connectivity index (χ2v) is 6.13. The minimum absolute atomic E-state index is 0.0783. The van der Waals surface area contributed by atoms with Crippen molar-refractivity contribution in [2.75, 3.05) is 13.1 Å². The average Bonchev–Trinajstić information content (AvgIpc) is 2.66. The fourth-order valence-electron chi connectivity index (χ4n) is 2.85. The van der Waals surface area contributed by atoms with Crippen LogP contribution in [0.5, 0.6) is 0 Å². The molecule has 1 amide bonds. The Hall–Kier alpha value is -1.07. The number of aromatic nitrogens is 2. The van der Waals surface area contributed by atoms with E-state index in [0.717, 1.165) is 30.8 Å². The molecule has 1 saturated heterocycles. The summed E-state index contributed by atoms with van der Waals surface area (Å²) in [5.74, 6) is 0.713. The molecule has 2 N–H and O–H groups in total. The highest BCUT2D eigenvalue weighted by Gasteiger charge is 2.29. The van der Waals surface area contributed by atoms with Crippen LogP contribution in [0.4, 0.5) is 0 Å². The highest BCUT2D eigenvalue weighted by atomic mass is 35.5. The lowest BCUT2D eigenvalue weighted by molar-refractivity contribution is -0.136. The normalized spacial score (nSPS) is 23.1. The maximum Gasteiger partial charge on any atom is 0.244 e. The van der Waals surface area contributed by atoms with Gasteiger partial charge in [-0.05, 0) is 32.6 Å². The Bertz CT molecular complexity index is 500. The number of halogens is 1. The molecule has 0 spiro atoms. The SMILES string of the molecule is Cc1nn(CC(=O)N2CCC(C)CC2CN)c(C)c1Cl. The summed E-state index contributed by atoms with van der Waals surface area (Å²) in [4.78, 5) is 14.4. The van der Waals surface area contributed by atoms with Gasteiger partial charge in [-0.15, -0.1) is 0 Å². The van der Waals surface area contributed by atoms with Crippen molar-refractivity contribution in [2.24, 2.45) is 11.7 Å². The Balaban J connectivity index is 2.09. The van der Waals surface area contributed by atoms with E-state index in [1.807, 2.05) is 18.7 Å². The van der Waals surface area contributed by atoms with Crippen LogP contribution in [0.15, 0.2) is 0 Å². The predicted octanol–water partition coefficient (Wildman–Crippen LogP) is 1.74. The van der Waals surface area contributed by atoms with E-state index >= 15 is 0 Å². The number of likely N-dealkylation sites (tertiary alicyclic amines) is 1. The molecule has 20 heavy (non-hydrogen) atoms. The Kier molecular flexibility index (Phi) is 4.70. The van der Waals surface area contributed by atoms with Gasteiger partial charge in [-0.3, -0.25) is 9.48 Å². The summed E-state index contributed by atoms with van der Waals surface area (Å²) >= 11 is 6.11. The van der Waals surface area contributed by atoms with Crippen molar-refractivity contribution in [3.05, 3.63) is 16.4 Å². The van der Waals surface area contributed by atoms with Crippen molar-refractivity contribution in [3.8, 4) is 0 Å². The Morgan fingerprint density at radius 2 is 2.20 bits per heavy atom. The number of carbonyl (C=O) groups is 1. The van der Waals surface area contributed by atoms with Crippen LogP contribution in [-0.4, -0.2) is 39.7 Å². The third kappa shape index (κ3) is 2.99. The molecular weight excluding hydrogens is 276 g/mol. The van der Waals surface area contributed by atoms with Gasteiger partial charge in [-0.2, -0.15) is 5.10 Å². The second kappa shape index (κ2) is 6.14. The molecule has 6 heteroatoms. The van der Waals surface area contributed by atoms with E-state index in [9.17, 15) is 4.79 Å². The molecule has 0 bridgehead atoms. The molecule has 1 aromatic heterocycles. The fourth-order valence-corrected chi connectivity index (χ4v) is 2.99. The van der Waals surface area contributed by atoms with Gasteiger partial charge in [0.15, 0.2) is 0 Å². The van der Waals surface area contributed by atoms with E-state index in [4.69, 9.17) is 17.3 Å². The molecule has 2 unspecified atom stereocenters. The number of carbonyl (C=O) groups excluding carboxylic acids is 1. The summed E-state index contributed by atoms with van der Waals surface area (Å²) in [6.07, 6.45) is 2.03. The number of hydrogen-bond acceptors (Lipinski definition) is 3. The fraction of sp³-hybridized carbons (Fsp3) is 0.714. The zero-order chi connectivity index (χ0) is 14.9. The number of nitrogens with zero attached hydrogens (tertiary/aromatic N) is 3. The first kappa shape index (κ1) is 15.3. The lowest BCUT2D eigenvalue weighted by Gasteiger charge is -2.38. The molecule has 0 saturated carbocycles. The third-order valence-electron chi connectivity index (χ3n) is 4.15. The van der Waals surface area contributed by atoms with Crippen LogP contribution in [0.25, 0.3) is 0 Å². The zero-order valence-electron chi connectivity index (χ0n) is 12.4. The van der Waals surface area contributed by atoms with Crippen LogP contribution < -0.4 is 5.73 Å². The number of piperidine rings is 1. The first-order valence-electron chi connectivity index (χ1n) is 7.13. The van der Waals surface area contributed by atoms with E-state index in [1.165, 1.54) is 0 Å². The first-order valence-corrected chi connectivity index (χ1v) is 7.50. The number of hydrogen-bond donors (Lipinski definition) is 1. The van der Waals surface area contributed by atoms with Crippen LogP contribution >= 0.6 is 11.6 Å². The molecule has 112 valence electrons. The van der Waals surface area contributed by atoms with Gasteiger partial charge in [-0.1, -0.05) is 18.5 Å². The van der Waals surface area contributed by atoms with Crippen LogP contribution in [0.1, 0.15) is 31.2 Å².